The number of halogens is 1. The van der Waals surface area contributed by atoms with E-state index in [1.165, 1.54) is 0 Å². The molecule has 4 rings (SSSR count). The monoisotopic (exact) mass is 356 g/mol. The Morgan fingerprint density at radius 2 is 2.23 bits per heavy atom. The normalized spacial score (nSPS) is 20.0. The summed E-state index contributed by atoms with van der Waals surface area (Å²) in [6.07, 6.45) is -0.486. The number of aromatic amines is 1. The molecule has 3 heterocycles. The number of amides is 1. The van der Waals surface area contributed by atoms with E-state index in [0.717, 1.165) is 10.9 Å². The lowest BCUT2D eigenvalue weighted by atomic mass is 10.2. The highest BCUT2D eigenvalue weighted by Crippen LogP contribution is 2.23. The van der Waals surface area contributed by atoms with Gasteiger partial charge in [0, 0.05) is 38.0 Å². The molecule has 1 fully saturated rings. The van der Waals surface area contributed by atoms with Gasteiger partial charge in [-0.2, -0.15) is 5.10 Å². The molecule has 2 N–H and O–H groups in total. The summed E-state index contributed by atoms with van der Waals surface area (Å²) in [6.45, 7) is 0.632. The van der Waals surface area contributed by atoms with Gasteiger partial charge < -0.3 is 14.8 Å². The van der Waals surface area contributed by atoms with E-state index in [4.69, 9.17) is 0 Å². The minimum Gasteiger partial charge on any atom is -0.340 e. The van der Waals surface area contributed by atoms with E-state index in [1.54, 1.807) is 11.9 Å². The van der Waals surface area contributed by atoms with Crippen LogP contribution in [0.3, 0.4) is 0 Å². The van der Waals surface area contributed by atoms with Gasteiger partial charge in [0.2, 0.25) is 0 Å². The van der Waals surface area contributed by atoms with Crippen LogP contribution in [0.2, 0.25) is 0 Å². The van der Waals surface area contributed by atoms with E-state index in [-0.39, 0.29) is 11.9 Å². The van der Waals surface area contributed by atoms with Crippen molar-refractivity contribution in [1.29, 1.82) is 0 Å². The van der Waals surface area contributed by atoms with Crippen molar-refractivity contribution >= 4 is 16.8 Å². The number of hydrogen-bond acceptors (Lipinski definition) is 4. The van der Waals surface area contributed by atoms with Crippen LogP contribution in [-0.2, 0) is 13.6 Å². The predicted molar refractivity (Wildman–Crippen MR) is 95.4 cm³/mol. The quantitative estimate of drug-likeness (QED) is 0.749. The average Bonchev–Trinajstić information content (AvgIpc) is 3.34. The van der Waals surface area contributed by atoms with E-state index < -0.39 is 6.17 Å². The molecule has 1 aliphatic rings. The number of rotatable bonds is 4. The Morgan fingerprint density at radius 3 is 2.96 bits per heavy atom. The second kappa shape index (κ2) is 6.53. The molecule has 1 saturated heterocycles. The van der Waals surface area contributed by atoms with Crippen LogP contribution in [0.5, 0.6) is 0 Å². The third-order valence-electron chi connectivity index (χ3n) is 4.84. The summed E-state index contributed by atoms with van der Waals surface area (Å²) in [5.74, 6) is 1.04. The second-order valence-corrected chi connectivity index (χ2v) is 6.74. The first-order valence-electron chi connectivity index (χ1n) is 8.61. The zero-order chi connectivity index (χ0) is 18.3. The van der Waals surface area contributed by atoms with Crippen molar-refractivity contribution in [3.8, 4) is 0 Å². The molecule has 8 heteroatoms. The van der Waals surface area contributed by atoms with Gasteiger partial charge in [-0.3, -0.25) is 9.89 Å². The highest BCUT2D eigenvalue weighted by atomic mass is 19.1. The number of hydrogen-bond donors (Lipinski definition) is 2. The number of alkyl halides is 1. The topological polar surface area (TPSA) is 78.8 Å². The number of H-pyrrole nitrogens is 1. The molecule has 26 heavy (non-hydrogen) atoms. The molecule has 1 aliphatic heterocycles. The fraction of sp³-hybridized carbons (Fsp3) is 0.389. The number of aromatic nitrogens is 4. The van der Waals surface area contributed by atoms with Gasteiger partial charge in [-0.1, -0.05) is 18.2 Å². The Labute approximate surface area is 150 Å². The van der Waals surface area contributed by atoms with Crippen molar-refractivity contribution in [2.24, 2.45) is 7.05 Å². The minimum atomic E-state index is -0.863. The predicted octanol–water partition coefficient (Wildman–Crippen LogP) is 1.94. The molecule has 0 saturated carbocycles. The maximum absolute atomic E-state index is 13.3. The lowest BCUT2D eigenvalue weighted by Crippen LogP contribution is -2.28. The molecule has 3 aromatic rings. The molecule has 0 aliphatic carbocycles. The molecule has 0 unspecified atom stereocenters. The Hall–Kier alpha value is -2.74. The molecule has 7 nitrogen and oxygen atoms in total. The number of carbonyl (C=O) groups excluding carboxylic acids is 1. The molecule has 0 spiro atoms. The number of para-hydroxylation sites is 1. The number of aryl methyl sites for hydroxylation is 1. The van der Waals surface area contributed by atoms with Gasteiger partial charge in [-0.15, -0.1) is 0 Å². The van der Waals surface area contributed by atoms with Crippen LogP contribution >= 0.6 is 0 Å². The number of nitrogens with one attached hydrogen (secondary N) is 2. The van der Waals surface area contributed by atoms with Gasteiger partial charge >= 0.3 is 0 Å². The van der Waals surface area contributed by atoms with Crippen LogP contribution in [-0.4, -0.2) is 50.3 Å². The van der Waals surface area contributed by atoms with Crippen molar-refractivity contribution in [1.82, 2.24) is 30.0 Å². The van der Waals surface area contributed by atoms with Gasteiger partial charge in [0.1, 0.15) is 17.7 Å². The number of fused-ring (bicyclic) bond motifs is 1. The SMILES string of the molecule is CN(Cc1nc([C@H]2C[C@H](F)CN2)n[nH]1)C(=O)c1cc2ccccc2n1C. The number of carbonyl (C=O) groups is 1. The van der Waals surface area contributed by atoms with Crippen molar-refractivity contribution in [3.63, 3.8) is 0 Å². The van der Waals surface area contributed by atoms with Crippen molar-refractivity contribution in [2.75, 3.05) is 13.6 Å². The Morgan fingerprint density at radius 1 is 1.42 bits per heavy atom. The fourth-order valence-corrected chi connectivity index (χ4v) is 3.41. The summed E-state index contributed by atoms with van der Waals surface area (Å²) in [6, 6.07) is 9.60. The van der Waals surface area contributed by atoms with Gasteiger partial charge in [0.25, 0.3) is 5.91 Å². The summed E-state index contributed by atoms with van der Waals surface area (Å²) >= 11 is 0. The van der Waals surface area contributed by atoms with Crippen molar-refractivity contribution in [2.45, 2.75) is 25.2 Å². The first-order chi connectivity index (χ1) is 12.5. The van der Waals surface area contributed by atoms with Crippen LogP contribution in [0.15, 0.2) is 30.3 Å². The van der Waals surface area contributed by atoms with Crippen LogP contribution in [0, 0.1) is 0 Å². The van der Waals surface area contributed by atoms with E-state index in [1.807, 2.05) is 41.9 Å². The molecule has 2 atom stereocenters. The molecular weight excluding hydrogens is 335 g/mol. The lowest BCUT2D eigenvalue weighted by molar-refractivity contribution is 0.0772. The maximum Gasteiger partial charge on any atom is 0.270 e. The summed E-state index contributed by atoms with van der Waals surface area (Å²) in [5, 5.41) is 11.1. The van der Waals surface area contributed by atoms with E-state index in [9.17, 15) is 9.18 Å². The van der Waals surface area contributed by atoms with Crippen molar-refractivity contribution < 1.29 is 9.18 Å². The van der Waals surface area contributed by atoms with Crippen LogP contribution in [0.4, 0.5) is 4.39 Å². The molecule has 0 radical (unpaired) electrons. The highest BCUT2D eigenvalue weighted by Gasteiger charge is 2.28. The molecule has 1 amide bonds. The highest BCUT2D eigenvalue weighted by molar-refractivity contribution is 5.98. The summed E-state index contributed by atoms with van der Waals surface area (Å²) in [5.41, 5.74) is 1.63. The third kappa shape index (κ3) is 2.96. The number of benzene rings is 1. The summed E-state index contributed by atoms with van der Waals surface area (Å²) in [7, 11) is 3.61. The van der Waals surface area contributed by atoms with Crippen LogP contribution in [0.1, 0.15) is 34.6 Å². The van der Waals surface area contributed by atoms with E-state index >= 15 is 0 Å². The molecule has 2 aromatic heterocycles. The minimum absolute atomic E-state index is 0.0931. The zero-order valence-corrected chi connectivity index (χ0v) is 14.7. The van der Waals surface area contributed by atoms with Crippen LogP contribution in [0.25, 0.3) is 10.9 Å². The summed E-state index contributed by atoms with van der Waals surface area (Å²) < 4.78 is 15.2. The Kier molecular flexibility index (Phi) is 4.20. The maximum atomic E-state index is 13.3. The molecule has 1 aromatic carbocycles. The fourth-order valence-electron chi connectivity index (χ4n) is 3.41. The molecular formula is C18H21FN6O. The zero-order valence-electron chi connectivity index (χ0n) is 14.7. The molecule has 0 bridgehead atoms. The first kappa shape index (κ1) is 16.7. The average molecular weight is 356 g/mol. The Balaban J connectivity index is 1.49. The lowest BCUT2D eigenvalue weighted by Gasteiger charge is -2.16. The standard InChI is InChI=1S/C18H21FN6O/c1-24(10-16-21-17(23-22-16)13-8-12(19)9-20-13)18(26)15-7-11-5-3-4-6-14(11)25(15)2/h3-7,12-13,20H,8-10H2,1-2H3,(H,21,22,23)/t12-,13+/m0/s1. The van der Waals surface area contributed by atoms with Gasteiger partial charge in [0.05, 0.1) is 12.6 Å². The third-order valence-corrected chi connectivity index (χ3v) is 4.84. The second-order valence-electron chi connectivity index (χ2n) is 6.74. The van der Waals surface area contributed by atoms with E-state index in [0.29, 0.717) is 36.9 Å². The van der Waals surface area contributed by atoms with Crippen molar-refractivity contribution in [3.05, 3.63) is 47.7 Å². The van der Waals surface area contributed by atoms with Gasteiger partial charge in [0.15, 0.2) is 5.82 Å². The Bertz CT molecular complexity index is 948. The van der Waals surface area contributed by atoms with Gasteiger partial charge in [-0.05, 0) is 12.1 Å². The summed E-state index contributed by atoms with van der Waals surface area (Å²) in [4.78, 5) is 18.8. The largest absolute Gasteiger partial charge is 0.340 e. The van der Waals surface area contributed by atoms with Crippen LogP contribution < -0.4 is 5.32 Å². The van der Waals surface area contributed by atoms with Gasteiger partial charge in [-0.25, -0.2) is 9.37 Å². The molecule has 136 valence electrons. The van der Waals surface area contributed by atoms with E-state index in [2.05, 4.69) is 20.5 Å². The smallest absolute Gasteiger partial charge is 0.270 e. The first-order valence-corrected chi connectivity index (χ1v) is 8.61. The number of nitrogens with zero attached hydrogens (tertiary/aromatic N) is 4.